The summed E-state index contributed by atoms with van der Waals surface area (Å²) in [5.74, 6) is 0.490. The first-order chi connectivity index (χ1) is 17.8. The molecule has 8 heteroatoms. The molecule has 0 saturated heterocycles. The minimum atomic E-state index is -3.97. The summed E-state index contributed by atoms with van der Waals surface area (Å²) >= 11 is 0. The van der Waals surface area contributed by atoms with E-state index in [1.54, 1.807) is 18.2 Å². The second kappa shape index (κ2) is 11.7. The van der Waals surface area contributed by atoms with Crippen molar-refractivity contribution < 1.29 is 22.4 Å². The summed E-state index contributed by atoms with van der Waals surface area (Å²) in [6.07, 6.45) is -0.877. The standard InChI is InChI=1S/C29H32N2O5S/c1-4-31(5-2)23-13-11-22(12-14-23)27-18-17-26-28(30-27)7-6-8-29(26)36-24(19-32)20-35-37(33,34)25-15-9-21(3)10-16-25/h6-18,24,32H,4-5,19-20H2,1-3H3. The first-order valence-electron chi connectivity index (χ1n) is 12.3. The largest absolute Gasteiger partial charge is 0.485 e. The molecule has 0 radical (unpaired) electrons. The molecule has 1 aromatic heterocycles. The van der Waals surface area contributed by atoms with E-state index >= 15 is 0 Å². The van der Waals surface area contributed by atoms with E-state index in [0.29, 0.717) is 5.75 Å². The van der Waals surface area contributed by atoms with E-state index in [2.05, 4.69) is 43.0 Å². The van der Waals surface area contributed by atoms with Crippen LogP contribution in [0, 0.1) is 6.92 Å². The lowest BCUT2D eigenvalue weighted by Gasteiger charge is -2.21. The number of aliphatic hydroxyl groups is 1. The Hall–Kier alpha value is -3.46. The van der Waals surface area contributed by atoms with E-state index < -0.39 is 22.8 Å². The number of pyridine rings is 1. The summed E-state index contributed by atoms with van der Waals surface area (Å²) in [6, 6.07) is 24.0. The van der Waals surface area contributed by atoms with Crippen LogP contribution in [-0.4, -0.2) is 50.9 Å². The van der Waals surface area contributed by atoms with Gasteiger partial charge in [-0.05, 0) is 69.3 Å². The Balaban J connectivity index is 1.50. The number of benzene rings is 3. The third-order valence-electron chi connectivity index (χ3n) is 6.20. The molecule has 0 amide bonds. The fourth-order valence-corrected chi connectivity index (χ4v) is 5.00. The highest BCUT2D eigenvalue weighted by Gasteiger charge is 2.20. The lowest BCUT2D eigenvalue weighted by Crippen LogP contribution is -2.28. The van der Waals surface area contributed by atoms with Crippen molar-refractivity contribution in [3.05, 3.63) is 84.4 Å². The average molecular weight is 521 g/mol. The molecule has 194 valence electrons. The fourth-order valence-electron chi connectivity index (χ4n) is 4.06. The highest BCUT2D eigenvalue weighted by molar-refractivity contribution is 7.86. The Morgan fingerprint density at radius 2 is 1.62 bits per heavy atom. The van der Waals surface area contributed by atoms with Crippen LogP contribution in [0.15, 0.2) is 83.8 Å². The van der Waals surface area contributed by atoms with E-state index in [9.17, 15) is 13.5 Å². The predicted octanol–water partition coefficient (Wildman–Crippen LogP) is 5.20. The summed E-state index contributed by atoms with van der Waals surface area (Å²) in [4.78, 5) is 7.15. The zero-order valence-electron chi connectivity index (χ0n) is 21.3. The van der Waals surface area contributed by atoms with Gasteiger partial charge >= 0.3 is 0 Å². The van der Waals surface area contributed by atoms with Gasteiger partial charge in [-0.2, -0.15) is 8.42 Å². The molecule has 4 aromatic rings. The summed E-state index contributed by atoms with van der Waals surface area (Å²) in [7, 11) is -3.97. The number of ether oxygens (including phenoxy) is 1. The Labute approximate surface area is 218 Å². The van der Waals surface area contributed by atoms with Gasteiger partial charge in [0.2, 0.25) is 0 Å². The summed E-state index contributed by atoms with van der Waals surface area (Å²) < 4.78 is 36.2. The maximum atomic E-state index is 12.5. The molecule has 4 rings (SSSR count). The van der Waals surface area contributed by atoms with Crippen molar-refractivity contribution >= 4 is 26.7 Å². The van der Waals surface area contributed by atoms with Gasteiger partial charge in [0.1, 0.15) is 18.5 Å². The van der Waals surface area contributed by atoms with Crippen molar-refractivity contribution in [2.24, 2.45) is 0 Å². The monoisotopic (exact) mass is 520 g/mol. The lowest BCUT2D eigenvalue weighted by atomic mass is 10.1. The molecule has 0 aliphatic carbocycles. The van der Waals surface area contributed by atoms with Gasteiger partial charge in [-0.3, -0.25) is 4.18 Å². The summed E-state index contributed by atoms with van der Waals surface area (Å²) in [5.41, 5.74) is 4.69. The molecule has 0 aliphatic rings. The zero-order valence-corrected chi connectivity index (χ0v) is 22.1. The number of aromatic nitrogens is 1. The lowest BCUT2D eigenvalue weighted by molar-refractivity contribution is 0.0752. The van der Waals surface area contributed by atoms with Gasteiger partial charge in [-0.15, -0.1) is 0 Å². The zero-order chi connectivity index (χ0) is 26.4. The third-order valence-corrected chi connectivity index (χ3v) is 7.50. The van der Waals surface area contributed by atoms with Crippen LogP contribution in [0.25, 0.3) is 22.2 Å². The number of hydrogen-bond donors (Lipinski definition) is 1. The average Bonchev–Trinajstić information content (AvgIpc) is 2.92. The van der Waals surface area contributed by atoms with E-state index in [1.807, 2.05) is 31.2 Å². The molecule has 0 bridgehead atoms. The van der Waals surface area contributed by atoms with Crippen molar-refractivity contribution in [2.75, 3.05) is 31.2 Å². The molecule has 0 saturated carbocycles. The minimum Gasteiger partial charge on any atom is -0.485 e. The molecule has 0 aliphatic heterocycles. The molecule has 3 aromatic carbocycles. The second-order valence-electron chi connectivity index (χ2n) is 8.71. The van der Waals surface area contributed by atoms with Crippen LogP contribution in [0.4, 0.5) is 5.69 Å². The number of hydrogen-bond acceptors (Lipinski definition) is 7. The highest BCUT2D eigenvalue weighted by Crippen LogP contribution is 2.29. The molecule has 7 nitrogen and oxygen atoms in total. The molecular formula is C29H32N2O5S. The van der Waals surface area contributed by atoms with E-state index in [0.717, 1.165) is 40.8 Å². The summed E-state index contributed by atoms with van der Waals surface area (Å²) in [6.45, 7) is 7.31. The molecular weight excluding hydrogens is 488 g/mol. The van der Waals surface area contributed by atoms with Crippen LogP contribution < -0.4 is 9.64 Å². The van der Waals surface area contributed by atoms with Crippen molar-refractivity contribution in [3.63, 3.8) is 0 Å². The van der Waals surface area contributed by atoms with Crippen LogP contribution in [-0.2, 0) is 14.3 Å². The predicted molar refractivity (Wildman–Crippen MR) is 147 cm³/mol. The van der Waals surface area contributed by atoms with Gasteiger partial charge in [0.05, 0.1) is 22.7 Å². The van der Waals surface area contributed by atoms with E-state index in [1.165, 1.54) is 17.8 Å². The number of fused-ring (bicyclic) bond motifs is 1. The van der Waals surface area contributed by atoms with Gasteiger partial charge in [0.25, 0.3) is 10.1 Å². The first-order valence-corrected chi connectivity index (χ1v) is 13.7. The van der Waals surface area contributed by atoms with Crippen LogP contribution in [0.1, 0.15) is 19.4 Å². The van der Waals surface area contributed by atoms with Crippen molar-refractivity contribution in [1.82, 2.24) is 4.98 Å². The Kier molecular flexibility index (Phi) is 8.43. The Morgan fingerprint density at radius 3 is 2.27 bits per heavy atom. The van der Waals surface area contributed by atoms with Gasteiger partial charge in [0, 0.05) is 29.7 Å². The van der Waals surface area contributed by atoms with Crippen molar-refractivity contribution in [3.8, 4) is 17.0 Å². The van der Waals surface area contributed by atoms with Crippen LogP contribution in [0.3, 0.4) is 0 Å². The molecule has 1 heterocycles. The molecule has 1 unspecified atom stereocenters. The SMILES string of the molecule is CCN(CC)c1ccc(-c2ccc3c(OC(CO)COS(=O)(=O)c4ccc(C)cc4)cccc3n2)cc1. The number of aliphatic hydroxyl groups excluding tert-OH is 1. The topological polar surface area (TPSA) is 89.0 Å². The van der Waals surface area contributed by atoms with Gasteiger partial charge in [-0.25, -0.2) is 4.98 Å². The van der Waals surface area contributed by atoms with E-state index in [4.69, 9.17) is 13.9 Å². The van der Waals surface area contributed by atoms with Crippen molar-refractivity contribution in [2.45, 2.75) is 31.8 Å². The molecule has 37 heavy (non-hydrogen) atoms. The number of aryl methyl sites for hydroxylation is 1. The Morgan fingerprint density at radius 1 is 0.919 bits per heavy atom. The van der Waals surface area contributed by atoms with Gasteiger partial charge in [0.15, 0.2) is 0 Å². The number of anilines is 1. The van der Waals surface area contributed by atoms with E-state index in [-0.39, 0.29) is 11.5 Å². The third kappa shape index (κ3) is 6.28. The number of rotatable bonds is 11. The maximum Gasteiger partial charge on any atom is 0.297 e. The molecule has 1 atom stereocenters. The summed E-state index contributed by atoms with van der Waals surface area (Å²) in [5, 5.41) is 10.6. The highest BCUT2D eigenvalue weighted by atomic mass is 32.2. The normalized spacial score (nSPS) is 12.4. The van der Waals surface area contributed by atoms with Crippen LogP contribution in [0.2, 0.25) is 0 Å². The van der Waals surface area contributed by atoms with Crippen LogP contribution >= 0.6 is 0 Å². The second-order valence-corrected chi connectivity index (χ2v) is 10.3. The fraction of sp³-hybridized carbons (Fsp3) is 0.276. The molecule has 0 spiro atoms. The smallest absolute Gasteiger partial charge is 0.297 e. The number of nitrogens with zero attached hydrogens (tertiary/aromatic N) is 2. The van der Waals surface area contributed by atoms with Crippen LogP contribution in [0.5, 0.6) is 5.75 Å². The van der Waals surface area contributed by atoms with Crippen molar-refractivity contribution in [1.29, 1.82) is 0 Å². The molecule has 0 fully saturated rings. The maximum absolute atomic E-state index is 12.5. The molecule has 1 N–H and O–H groups in total. The van der Waals surface area contributed by atoms with Gasteiger partial charge in [-0.1, -0.05) is 35.9 Å². The van der Waals surface area contributed by atoms with Gasteiger partial charge < -0.3 is 14.7 Å². The first kappa shape index (κ1) is 26.6. The minimum absolute atomic E-state index is 0.0572. The quantitative estimate of drug-likeness (QED) is 0.272. The Bertz CT molecular complexity index is 1430.